The Hall–Kier alpha value is -2.12. The van der Waals surface area contributed by atoms with Gasteiger partial charge in [0.2, 0.25) is 0 Å². The van der Waals surface area contributed by atoms with Crippen LogP contribution in [0, 0.1) is 0 Å². The van der Waals surface area contributed by atoms with Crippen LogP contribution in [0.15, 0.2) is 24.3 Å². The molecule has 2 atom stereocenters. The van der Waals surface area contributed by atoms with Crippen molar-refractivity contribution in [3.05, 3.63) is 29.8 Å². The van der Waals surface area contributed by atoms with E-state index in [1.54, 1.807) is 0 Å². The van der Waals surface area contributed by atoms with Crippen molar-refractivity contribution >= 4 is 17.6 Å². The fourth-order valence-electron chi connectivity index (χ4n) is 4.66. The predicted octanol–water partition coefficient (Wildman–Crippen LogP) is 3.89. The summed E-state index contributed by atoms with van der Waals surface area (Å²) in [4.78, 5) is 29.6. The van der Waals surface area contributed by atoms with Gasteiger partial charge in [0.15, 0.2) is 0 Å². The van der Waals surface area contributed by atoms with Crippen LogP contribution in [0.1, 0.15) is 61.7 Å². The van der Waals surface area contributed by atoms with E-state index in [9.17, 15) is 9.59 Å². The summed E-state index contributed by atoms with van der Waals surface area (Å²) in [6.45, 7) is 4.37. The monoisotopic (exact) mass is 429 g/mol. The van der Waals surface area contributed by atoms with Gasteiger partial charge in [0.05, 0.1) is 12.2 Å². The van der Waals surface area contributed by atoms with Crippen LogP contribution < -0.4 is 5.32 Å². The Morgan fingerprint density at radius 1 is 0.871 bits per heavy atom. The molecule has 1 aromatic rings. The Kier molecular flexibility index (Phi) is 7.81. The van der Waals surface area contributed by atoms with E-state index in [4.69, 9.17) is 9.47 Å². The molecule has 0 bridgehead atoms. The van der Waals surface area contributed by atoms with Crippen molar-refractivity contribution in [2.75, 3.05) is 44.7 Å². The van der Waals surface area contributed by atoms with Gasteiger partial charge in [0.1, 0.15) is 0 Å². The van der Waals surface area contributed by atoms with E-state index >= 15 is 0 Å². The van der Waals surface area contributed by atoms with Crippen LogP contribution in [0.3, 0.4) is 0 Å². The number of nitrogens with one attached hydrogen (secondary N) is 1. The van der Waals surface area contributed by atoms with E-state index in [0.29, 0.717) is 24.3 Å². The molecule has 0 radical (unpaired) electrons. The van der Waals surface area contributed by atoms with E-state index in [1.165, 1.54) is 12.8 Å². The second-order valence-corrected chi connectivity index (χ2v) is 8.89. The summed E-state index contributed by atoms with van der Waals surface area (Å²) < 4.78 is 11.5. The maximum atomic E-state index is 13.0. The van der Waals surface area contributed by atoms with Gasteiger partial charge in [-0.15, -0.1) is 0 Å². The van der Waals surface area contributed by atoms with Crippen molar-refractivity contribution in [1.29, 1.82) is 0 Å². The largest absolute Gasteiger partial charge is 0.376 e. The predicted molar refractivity (Wildman–Crippen MR) is 119 cm³/mol. The summed E-state index contributed by atoms with van der Waals surface area (Å²) in [7, 11) is 0. The Morgan fingerprint density at radius 2 is 1.45 bits per heavy atom. The normalized spacial score (nSPS) is 24.1. The second-order valence-electron chi connectivity index (χ2n) is 8.89. The first kappa shape index (κ1) is 22.1. The third-order valence-electron chi connectivity index (χ3n) is 6.46. The number of ether oxygens (including phenoxy) is 2. The van der Waals surface area contributed by atoms with Crippen molar-refractivity contribution in [3.8, 4) is 0 Å². The minimum Gasteiger partial charge on any atom is -0.376 e. The van der Waals surface area contributed by atoms with Crippen molar-refractivity contribution in [1.82, 2.24) is 9.80 Å². The quantitative estimate of drug-likeness (QED) is 0.745. The average Bonchev–Trinajstić information content (AvgIpc) is 3.42. The summed E-state index contributed by atoms with van der Waals surface area (Å²) in [6.07, 6.45) is 8.81. The number of amides is 3. The lowest BCUT2D eigenvalue weighted by molar-refractivity contribution is 0.0524. The highest BCUT2D eigenvalue weighted by Crippen LogP contribution is 2.19. The number of rotatable bonds is 6. The lowest BCUT2D eigenvalue weighted by Crippen LogP contribution is -2.44. The van der Waals surface area contributed by atoms with Gasteiger partial charge in [-0.3, -0.25) is 4.79 Å². The van der Waals surface area contributed by atoms with Gasteiger partial charge >= 0.3 is 6.03 Å². The highest BCUT2D eigenvalue weighted by Gasteiger charge is 2.27. The van der Waals surface area contributed by atoms with E-state index in [0.717, 1.165) is 64.8 Å². The number of carbonyl (C=O) groups excluding carboxylic acids is 2. The standard InChI is InChI=1S/C24H35N3O4/c28-23(26-13-3-1-2-4-14-26)19-9-11-20(12-10-19)25-24(29)27(17-21-7-5-15-30-21)18-22-8-6-16-31-22/h9-12,21-22H,1-8,13-18H2,(H,25,29). The van der Waals surface area contributed by atoms with Crippen LogP contribution in [0.2, 0.25) is 0 Å². The molecule has 7 nitrogen and oxygen atoms in total. The number of hydrogen-bond acceptors (Lipinski definition) is 4. The topological polar surface area (TPSA) is 71.1 Å². The average molecular weight is 430 g/mol. The van der Waals surface area contributed by atoms with Crippen LogP contribution in [0.4, 0.5) is 10.5 Å². The number of anilines is 1. The lowest BCUT2D eigenvalue weighted by atomic mass is 10.1. The highest BCUT2D eigenvalue weighted by molar-refractivity contribution is 5.95. The molecule has 0 aliphatic carbocycles. The number of carbonyl (C=O) groups is 2. The van der Waals surface area contributed by atoms with Crippen molar-refractivity contribution in [2.45, 2.75) is 63.6 Å². The molecule has 2 unspecified atom stereocenters. The van der Waals surface area contributed by atoms with Gasteiger partial charge in [0.25, 0.3) is 5.91 Å². The van der Waals surface area contributed by atoms with Gasteiger partial charge in [-0.25, -0.2) is 4.79 Å². The molecule has 0 aromatic heterocycles. The zero-order valence-corrected chi connectivity index (χ0v) is 18.4. The first-order chi connectivity index (χ1) is 15.2. The second kappa shape index (κ2) is 11.0. The fraction of sp³-hybridized carbons (Fsp3) is 0.667. The van der Waals surface area contributed by atoms with Crippen LogP contribution in [-0.2, 0) is 9.47 Å². The van der Waals surface area contributed by atoms with Gasteiger partial charge in [-0.05, 0) is 62.8 Å². The molecule has 1 aromatic carbocycles. The number of benzene rings is 1. The van der Waals surface area contributed by atoms with Crippen LogP contribution >= 0.6 is 0 Å². The summed E-state index contributed by atoms with van der Waals surface area (Å²) >= 11 is 0. The van der Waals surface area contributed by atoms with Crippen LogP contribution in [-0.4, -0.2) is 73.3 Å². The molecule has 3 aliphatic heterocycles. The Balaban J connectivity index is 1.36. The molecule has 3 fully saturated rings. The molecule has 170 valence electrons. The minimum absolute atomic E-state index is 0.0816. The highest BCUT2D eigenvalue weighted by atomic mass is 16.5. The maximum absolute atomic E-state index is 13.0. The number of likely N-dealkylation sites (tertiary alicyclic amines) is 1. The molecule has 0 spiro atoms. The fourth-order valence-corrected chi connectivity index (χ4v) is 4.66. The SMILES string of the molecule is O=C(Nc1ccc(C(=O)N2CCCCCC2)cc1)N(CC1CCCO1)CC1CCCO1. The van der Waals surface area contributed by atoms with E-state index in [2.05, 4.69) is 5.32 Å². The first-order valence-electron chi connectivity index (χ1n) is 11.9. The Labute approximate surface area is 185 Å². The zero-order valence-electron chi connectivity index (χ0n) is 18.4. The maximum Gasteiger partial charge on any atom is 0.322 e. The molecule has 7 heteroatoms. The molecule has 3 amide bonds. The van der Waals surface area contributed by atoms with E-state index in [-0.39, 0.29) is 24.1 Å². The van der Waals surface area contributed by atoms with Crippen LogP contribution in [0.5, 0.6) is 0 Å². The Bertz CT molecular complexity index is 701. The minimum atomic E-state index is -0.141. The molecule has 1 N–H and O–H groups in total. The molecule has 0 saturated carbocycles. The van der Waals surface area contributed by atoms with Crippen molar-refractivity contribution in [2.24, 2.45) is 0 Å². The van der Waals surface area contributed by atoms with Gasteiger partial charge < -0.3 is 24.6 Å². The lowest BCUT2D eigenvalue weighted by Gasteiger charge is -2.28. The van der Waals surface area contributed by atoms with E-state index < -0.39 is 0 Å². The van der Waals surface area contributed by atoms with E-state index in [1.807, 2.05) is 34.1 Å². The molecule has 3 saturated heterocycles. The zero-order chi connectivity index (χ0) is 21.5. The molecule has 3 heterocycles. The number of urea groups is 1. The summed E-state index contributed by atoms with van der Waals surface area (Å²) in [5.41, 5.74) is 1.37. The third-order valence-corrected chi connectivity index (χ3v) is 6.46. The number of nitrogens with zero attached hydrogens (tertiary/aromatic N) is 2. The summed E-state index contributed by atoms with van der Waals surface area (Å²) in [6, 6.07) is 7.12. The van der Waals surface area contributed by atoms with Gasteiger partial charge in [0, 0.05) is 50.6 Å². The van der Waals surface area contributed by atoms with Crippen LogP contribution in [0.25, 0.3) is 0 Å². The molecule has 4 rings (SSSR count). The molecular weight excluding hydrogens is 394 g/mol. The smallest absolute Gasteiger partial charge is 0.322 e. The third kappa shape index (κ3) is 6.20. The molecule has 31 heavy (non-hydrogen) atoms. The van der Waals surface area contributed by atoms with Crippen molar-refractivity contribution in [3.63, 3.8) is 0 Å². The summed E-state index contributed by atoms with van der Waals surface area (Å²) in [5.74, 6) is 0.0816. The summed E-state index contributed by atoms with van der Waals surface area (Å²) in [5, 5.41) is 3.00. The molecule has 3 aliphatic rings. The molecular formula is C24H35N3O4. The van der Waals surface area contributed by atoms with Crippen molar-refractivity contribution < 1.29 is 19.1 Å². The van der Waals surface area contributed by atoms with Gasteiger partial charge in [-0.2, -0.15) is 0 Å². The number of hydrogen-bond donors (Lipinski definition) is 1. The first-order valence-corrected chi connectivity index (χ1v) is 11.9. The Morgan fingerprint density at radius 3 is 1.97 bits per heavy atom. The van der Waals surface area contributed by atoms with Gasteiger partial charge in [-0.1, -0.05) is 12.8 Å².